The summed E-state index contributed by atoms with van der Waals surface area (Å²) in [7, 11) is 0. The van der Waals surface area contributed by atoms with E-state index in [2.05, 4.69) is 38.3 Å². The average molecular weight is 254 g/mol. The lowest BCUT2D eigenvalue weighted by atomic mass is 9.77. The average Bonchev–Trinajstić information content (AvgIpc) is 2.28. The van der Waals surface area contributed by atoms with E-state index in [4.69, 9.17) is 0 Å². The molecular formula is C15H30N2O. The molecule has 0 aromatic carbocycles. The summed E-state index contributed by atoms with van der Waals surface area (Å²) in [4.78, 5) is 12.3. The molecule has 2 atom stereocenters. The van der Waals surface area contributed by atoms with E-state index >= 15 is 0 Å². The zero-order valence-corrected chi connectivity index (χ0v) is 12.5. The number of nitrogens with one attached hydrogen (secondary N) is 2. The minimum atomic E-state index is -0.0279. The lowest BCUT2D eigenvalue weighted by Crippen LogP contribution is -2.56. The molecule has 0 saturated carbocycles. The number of carbonyl (C=O) groups excluding carboxylic acids is 1. The third-order valence-corrected chi connectivity index (χ3v) is 4.02. The fourth-order valence-electron chi connectivity index (χ4n) is 2.76. The summed E-state index contributed by atoms with van der Waals surface area (Å²) in [6.45, 7) is 9.66. The molecule has 18 heavy (non-hydrogen) atoms. The Hall–Kier alpha value is -0.570. The lowest BCUT2D eigenvalue weighted by Gasteiger charge is -2.38. The molecule has 3 heteroatoms. The number of rotatable bonds is 6. The van der Waals surface area contributed by atoms with Gasteiger partial charge in [-0.1, -0.05) is 40.0 Å². The van der Waals surface area contributed by atoms with E-state index in [1.807, 2.05) is 0 Å². The van der Waals surface area contributed by atoms with Crippen LogP contribution in [0, 0.1) is 5.41 Å². The summed E-state index contributed by atoms with van der Waals surface area (Å²) in [5, 5.41) is 6.53. The lowest BCUT2D eigenvalue weighted by molar-refractivity contribution is -0.127. The van der Waals surface area contributed by atoms with Crippen molar-refractivity contribution in [3.8, 4) is 0 Å². The maximum atomic E-state index is 12.3. The van der Waals surface area contributed by atoms with Gasteiger partial charge in [0.1, 0.15) is 0 Å². The molecule has 2 unspecified atom stereocenters. The molecule has 3 nitrogen and oxygen atoms in total. The predicted molar refractivity (Wildman–Crippen MR) is 76.6 cm³/mol. The van der Waals surface area contributed by atoms with E-state index < -0.39 is 0 Å². The third-order valence-electron chi connectivity index (χ3n) is 4.02. The summed E-state index contributed by atoms with van der Waals surface area (Å²) in [5.74, 6) is 0.184. The zero-order chi connectivity index (χ0) is 13.6. The van der Waals surface area contributed by atoms with Crippen LogP contribution < -0.4 is 10.6 Å². The molecule has 1 fully saturated rings. The van der Waals surface area contributed by atoms with E-state index in [-0.39, 0.29) is 17.4 Å². The van der Waals surface area contributed by atoms with Gasteiger partial charge >= 0.3 is 0 Å². The van der Waals surface area contributed by atoms with Crippen molar-refractivity contribution in [3.63, 3.8) is 0 Å². The van der Waals surface area contributed by atoms with Crippen molar-refractivity contribution in [2.45, 2.75) is 78.3 Å². The molecule has 106 valence electrons. The number of piperidine rings is 1. The molecule has 1 amide bonds. The molecule has 1 heterocycles. The second-order valence-electron chi connectivity index (χ2n) is 6.38. The van der Waals surface area contributed by atoms with Crippen LogP contribution in [0.4, 0.5) is 0 Å². The van der Waals surface area contributed by atoms with Crippen LogP contribution in [0.3, 0.4) is 0 Å². The molecule has 0 aromatic heterocycles. The quantitative estimate of drug-likeness (QED) is 0.716. The highest BCUT2D eigenvalue weighted by molar-refractivity contribution is 5.83. The molecule has 2 N–H and O–H groups in total. The number of amides is 1. The van der Waals surface area contributed by atoms with E-state index in [0.717, 1.165) is 19.4 Å². The Morgan fingerprint density at radius 2 is 2.17 bits per heavy atom. The van der Waals surface area contributed by atoms with Crippen molar-refractivity contribution >= 4 is 5.91 Å². The zero-order valence-electron chi connectivity index (χ0n) is 12.5. The topological polar surface area (TPSA) is 41.1 Å². The Labute approximate surface area is 112 Å². The van der Waals surface area contributed by atoms with Gasteiger partial charge in [0.25, 0.3) is 0 Å². The van der Waals surface area contributed by atoms with Crippen LogP contribution in [0.5, 0.6) is 0 Å². The van der Waals surface area contributed by atoms with Crippen molar-refractivity contribution in [2.24, 2.45) is 5.41 Å². The minimum Gasteiger partial charge on any atom is -0.352 e. The third kappa shape index (κ3) is 4.60. The van der Waals surface area contributed by atoms with E-state index in [1.54, 1.807) is 0 Å². The molecular weight excluding hydrogens is 224 g/mol. The molecule has 0 spiro atoms. The first-order valence-corrected chi connectivity index (χ1v) is 7.51. The maximum Gasteiger partial charge on any atom is 0.237 e. The van der Waals surface area contributed by atoms with Crippen LogP contribution in [0.2, 0.25) is 0 Å². The standard InChI is InChI=1S/C15H30N2O/c1-5-6-7-9-12(2)17-14(18)13-15(3,4)10-8-11-16-13/h12-13,16H,5-11H2,1-4H3,(H,17,18). The van der Waals surface area contributed by atoms with Crippen molar-refractivity contribution < 1.29 is 4.79 Å². The van der Waals surface area contributed by atoms with Crippen molar-refractivity contribution in [2.75, 3.05) is 6.54 Å². The fraction of sp³-hybridized carbons (Fsp3) is 0.933. The second-order valence-corrected chi connectivity index (χ2v) is 6.38. The Morgan fingerprint density at radius 1 is 1.44 bits per heavy atom. The highest BCUT2D eigenvalue weighted by atomic mass is 16.2. The minimum absolute atomic E-state index is 0.0279. The van der Waals surface area contributed by atoms with Crippen LogP contribution in [0.15, 0.2) is 0 Å². The number of unbranched alkanes of at least 4 members (excludes halogenated alkanes) is 2. The molecule has 1 aliphatic heterocycles. The molecule has 1 saturated heterocycles. The highest BCUT2D eigenvalue weighted by Gasteiger charge is 2.37. The first kappa shape index (κ1) is 15.5. The molecule has 0 aromatic rings. The van der Waals surface area contributed by atoms with Gasteiger partial charge in [-0.05, 0) is 38.1 Å². The number of hydrogen-bond donors (Lipinski definition) is 2. The normalized spacial score (nSPS) is 24.6. The van der Waals surface area contributed by atoms with Gasteiger partial charge in [0.2, 0.25) is 5.91 Å². The largest absolute Gasteiger partial charge is 0.352 e. The summed E-state index contributed by atoms with van der Waals surface area (Å²) in [6, 6.07) is 0.267. The van der Waals surface area contributed by atoms with Gasteiger partial charge in [0.15, 0.2) is 0 Å². The van der Waals surface area contributed by atoms with Crippen LogP contribution in [0.1, 0.15) is 66.2 Å². The first-order valence-electron chi connectivity index (χ1n) is 7.51. The van der Waals surface area contributed by atoms with Crippen LogP contribution in [-0.2, 0) is 4.79 Å². The second kappa shape index (κ2) is 7.13. The molecule has 1 rings (SSSR count). The van der Waals surface area contributed by atoms with Crippen LogP contribution >= 0.6 is 0 Å². The smallest absolute Gasteiger partial charge is 0.237 e. The Morgan fingerprint density at radius 3 is 2.78 bits per heavy atom. The Bertz CT molecular complexity index is 263. The van der Waals surface area contributed by atoms with Crippen molar-refractivity contribution in [1.29, 1.82) is 0 Å². The Kier molecular flexibility index (Phi) is 6.13. The van der Waals surface area contributed by atoms with Gasteiger partial charge in [0, 0.05) is 6.04 Å². The number of hydrogen-bond acceptors (Lipinski definition) is 2. The first-order chi connectivity index (χ1) is 8.47. The van der Waals surface area contributed by atoms with Gasteiger partial charge in [-0.2, -0.15) is 0 Å². The molecule has 0 aliphatic carbocycles. The molecule has 0 radical (unpaired) electrons. The van der Waals surface area contributed by atoms with Gasteiger partial charge < -0.3 is 10.6 Å². The number of carbonyl (C=O) groups is 1. The highest BCUT2D eigenvalue weighted by Crippen LogP contribution is 2.30. The van der Waals surface area contributed by atoms with Gasteiger partial charge in [-0.3, -0.25) is 4.79 Å². The van der Waals surface area contributed by atoms with Gasteiger partial charge in [-0.15, -0.1) is 0 Å². The Balaban J connectivity index is 2.39. The predicted octanol–water partition coefficient (Wildman–Crippen LogP) is 2.85. The summed E-state index contributed by atoms with van der Waals surface area (Å²) in [5.41, 5.74) is 0.0749. The van der Waals surface area contributed by atoms with Crippen molar-refractivity contribution in [1.82, 2.24) is 10.6 Å². The van der Waals surface area contributed by atoms with Crippen molar-refractivity contribution in [3.05, 3.63) is 0 Å². The summed E-state index contributed by atoms with van der Waals surface area (Å²) in [6.07, 6.45) is 7.09. The van der Waals surface area contributed by atoms with Gasteiger partial charge in [-0.25, -0.2) is 0 Å². The van der Waals surface area contributed by atoms with E-state index in [0.29, 0.717) is 6.04 Å². The summed E-state index contributed by atoms with van der Waals surface area (Å²) < 4.78 is 0. The molecule has 0 bridgehead atoms. The molecule has 1 aliphatic rings. The van der Waals surface area contributed by atoms with E-state index in [1.165, 1.54) is 25.7 Å². The maximum absolute atomic E-state index is 12.3. The van der Waals surface area contributed by atoms with Gasteiger partial charge in [0.05, 0.1) is 6.04 Å². The fourth-order valence-corrected chi connectivity index (χ4v) is 2.76. The monoisotopic (exact) mass is 254 g/mol. The van der Waals surface area contributed by atoms with Crippen LogP contribution in [-0.4, -0.2) is 24.5 Å². The van der Waals surface area contributed by atoms with Crippen LogP contribution in [0.25, 0.3) is 0 Å². The van der Waals surface area contributed by atoms with E-state index in [9.17, 15) is 4.79 Å². The summed E-state index contributed by atoms with van der Waals surface area (Å²) >= 11 is 0. The SMILES string of the molecule is CCCCCC(C)NC(=O)C1NCCCC1(C)C.